The number of hydrogen-bond donors (Lipinski definition) is 0. The van der Waals surface area contributed by atoms with Crippen LogP contribution in [0, 0.1) is 0 Å². The van der Waals surface area contributed by atoms with Crippen LogP contribution in [0.4, 0.5) is 0 Å². The number of nitrogens with zero attached hydrogens (tertiary/aromatic N) is 3. The largest absolute Gasteiger partial charge is 0.455 e. The molecule has 0 bridgehead atoms. The van der Waals surface area contributed by atoms with Crippen molar-refractivity contribution in [1.82, 2.24) is 15.0 Å². The van der Waals surface area contributed by atoms with Gasteiger partial charge in [0.25, 0.3) is 0 Å². The van der Waals surface area contributed by atoms with Crippen LogP contribution >= 0.6 is 11.3 Å². The van der Waals surface area contributed by atoms with E-state index in [9.17, 15) is 0 Å². The number of benzene rings is 12. The summed E-state index contributed by atoms with van der Waals surface area (Å²) in [5.41, 5.74) is 11.6. The van der Waals surface area contributed by atoms with Crippen LogP contribution in [0.5, 0.6) is 0 Å². The van der Waals surface area contributed by atoms with Gasteiger partial charge in [-0.2, -0.15) is 0 Å². The van der Waals surface area contributed by atoms with Crippen LogP contribution in [0.2, 0.25) is 0 Å². The molecular weight excluding hydrogens is 895 g/mol. The Labute approximate surface area is 417 Å². The van der Waals surface area contributed by atoms with E-state index >= 15 is 0 Å². The molecule has 0 aliphatic carbocycles. The summed E-state index contributed by atoms with van der Waals surface area (Å²) in [5, 5.41) is 14.0. The van der Waals surface area contributed by atoms with Gasteiger partial charge in [0.05, 0.1) is 0 Å². The van der Waals surface area contributed by atoms with E-state index in [0.29, 0.717) is 17.5 Å². The monoisotopic (exact) mass is 933 g/mol. The van der Waals surface area contributed by atoms with Crippen molar-refractivity contribution in [3.63, 3.8) is 0 Å². The lowest BCUT2D eigenvalue weighted by molar-refractivity contribution is 0.673. The SMILES string of the molecule is c1ccc(-c2nc(-c3ccccc3)nc(-c3ccc4c(-c5ccc6ccccc6c5)c5cc(-c6cc7c8ccccc8oc7c7c6sc6ccccc67)ccc5c(-c5ccc6ccccc6c5)c4c3)n2)cc1. The van der Waals surface area contributed by atoms with E-state index in [1.54, 1.807) is 0 Å². The van der Waals surface area contributed by atoms with Crippen molar-refractivity contribution >= 4 is 96.5 Å². The predicted octanol–water partition coefficient (Wildman–Crippen LogP) is 18.8. The van der Waals surface area contributed by atoms with E-state index in [1.807, 2.05) is 47.7 Å². The lowest BCUT2D eigenvalue weighted by atomic mass is 9.83. The zero-order valence-electron chi connectivity index (χ0n) is 38.7. The highest BCUT2D eigenvalue weighted by Gasteiger charge is 2.23. The molecule has 15 aromatic rings. The van der Waals surface area contributed by atoms with Gasteiger partial charge in [0.2, 0.25) is 0 Å². The molecule has 0 atom stereocenters. The Morgan fingerprint density at radius 2 is 0.792 bits per heavy atom. The van der Waals surface area contributed by atoms with Crippen LogP contribution in [-0.4, -0.2) is 15.0 Å². The molecular formula is C67H39N3OS. The highest BCUT2D eigenvalue weighted by Crippen LogP contribution is 2.50. The molecule has 0 amide bonds. The molecule has 12 aromatic carbocycles. The number of furan rings is 1. The lowest BCUT2D eigenvalue weighted by Gasteiger charge is -2.20. The van der Waals surface area contributed by atoms with Crippen molar-refractivity contribution in [3.05, 3.63) is 237 Å². The molecule has 72 heavy (non-hydrogen) atoms. The van der Waals surface area contributed by atoms with E-state index in [2.05, 4.69) is 200 Å². The predicted molar refractivity (Wildman–Crippen MR) is 303 cm³/mol. The third-order valence-electron chi connectivity index (χ3n) is 14.5. The van der Waals surface area contributed by atoms with Crippen LogP contribution in [0.3, 0.4) is 0 Å². The van der Waals surface area contributed by atoms with Crippen molar-refractivity contribution in [2.24, 2.45) is 0 Å². The van der Waals surface area contributed by atoms with Crippen molar-refractivity contribution in [3.8, 4) is 67.5 Å². The van der Waals surface area contributed by atoms with Gasteiger partial charge in [0.15, 0.2) is 17.5 Å². The third kappa shape index (κ3) is 6.48. The van der Waals surface area contributed by atoms with Crippen molar-refractivity contribution in [2.75, 3.05) is 0 Å². The van der Waals surface area contributed by atoms with E-state index in [4.69, 9.17) is 19.4 Å². The first-order chi connectivity index (χ1) is 35.7. The Hall–Kier alpha value is -9.29. The highest BCUT2D eigenvalue weighted by molar-refractivity contribution is 7.26. The molecule has 0 fully saturated rings. The second-order valence-corrected chi connectivity index (χ2v) is 19.7. The van der Waals surface area contributed by atoms with Gasteiger partial charge in [-0.05, 0) is 113 Å². The molecule has 4 nitrogen and oxygen atoms in total. The van der Waals surface area contributed by atoms with Gasteiger partial charge in [-0.3, -0.25) is 0 Å². The maximum absolute atomic E-state index is 6.74. The maximum atomic E-state index is 6.74. The molecule has 0 N–H and O–H groups in total. The number of rotatable bonds is 6. The zero-order valence-corrected chi connectivity index (χ0v) is 39.5. The standard InChI is InChI=1S/C67H39N3OS/c1-3-17-42(18-4-1)65-68-66(43-19-5-2-6-20-43)70-67(69-65)49-32-34-52-56(38-49)61(48-30-28-41-16-8-10-22-45(41)36-48)51-33-31-46(37-55(51)60(52)47-29-27-40-15-7-9-21-44(40)35-47)54-39-57-50-23-11-13-25-58(50)71-63(57)62-53-24-12-14-26-59(53)72-64(54)62/h1-39H. The van der Waals surface area contributed by atoms with Crippen LogP contribution in [0.1, 0.15) is 0 Å². The fourth-order valence-corrected chi connectivity index (χ4v) is 12.3. The number of thiophene rings is 1. The van der Waals surface area contributed by atoms with Crippen LogP contribution in [0.25, 0.3) is 153 Å². The Morgan fingerprint density at radius 3 is 1.42 bits per heavy atom. The Kier molecular flexibility index (Phi) is 9.10. The highest BCUT2D eigenvalue weighted by atomic mass is 32.1. The number of aromatic nitrogens is 3. The van der Waals surface area contributed by atoms with Crippen LogP contribution in [0.15, 0.2) is 241 Å². The summed E-state index contributed by atoms with van der Waals surface area (Å²) >= 11 is 1.84. The van der Waals surface area contributed by atoms with Gasteiger partial charge < -0.3 is 4.42 Å². The molecule has 3 heterocycles. The Balaban J connectivity index is 1.06. The Morgan fingerprint density at radius 1 is 0.306 bits per heavy atom. The average molecular weight is 934 g/mol. The van der Waals surface area contributed by atoms with Gasteiger partial charge in [0, 0.05) is 53.2 Å². The first-order valence-electron chi connectivity index (χ1n) is 24.3. The first-order valence-corrected chi connectivity index (χ1v) is 25.1. The number of fused-ring (bicyclic) bond motifs is 11. The molecule has 0 aliphatic heterocycles. The van der Waals surface area contributed by atoms with Crippen molar-refractivity contribution < 1.29 is 4.42 Å². The van der Waals surface area contributed by atoms with E-state index in [1.165, 1.54) is 58.2 Å². The summed E-state index contributed by atoms with van der Waals surface area (Å²) in [5.74, 6) is 1.88. The van der Waals surface area contributed by atoms with E-state index in [-0.39, 0.29) is 0 Å². The molecule has 15 rings (SSSR count). The molecule has 0 unspecified atom stereocenters. The minimum atomic E-state index is 0.617. The quantitative estimate of drug-likeness (QED) is 0.156. The minimum Gasteiger partial charge on any atom is -0.455 e. The van der Waals surface area contributed by atoms with E-state index < -0.39 is 0 Å². The lowest BCUT2D eigenvalue weighted by Crippen LogP contribution is -2.00. The smallest absolute Gasteiger partial charge is 0.164 e. The molecule has 0 saturated heterocycles. The topological polar surface area (TPSA) is 51.8 Å². The fourth-order valence-electron chi connectivity index (χ4n) is 11.1. The van der Waals surface area contributed by atoms with Crippen LogP contribution < -0.4 is 0 Å². The molecule has 0 aliphatic rings. The third-order valence-corrected chi connectivity index (χ3v) is 15.7. The van der Waals surface area contributed by atoms with Crippen molar-refractivity contribution in [2.45, 2.75) is 0 Å². The summed E-state index contributed by atoms with van der Waals surface area (Å²) in [6.45, 7) is 0. The summed E-state index contributed by atoms with van der Waals surface area (Å²) in [6, 6.07) is 85.0. The number of hydrogen-bond acceptors (Lipinski definition) is 5. The first kappa shape index (κ1) is 40.6. The summed E-state index contributed by atoms with van der Waals surface area (Å²) < 4.78 is 9.20. The Bertz CT molecular complexity index is 4630. The molecule has 0 radical (unpaired) electrons. The molecule has 3 aromatic heterocycles. The average Bonchev–Trinajstić information content (AvgIpc) is 4.03. The molecule has 334 valence electrons. The summed E-state index contributed by atoms with van der Waals surface area (Å²) in [7, 11) is 0. The second-order valence-electron chi connectivity index (χ2n) is 18.6. The van der Waals surface area contributed by atoms with Gasteiger partial charge >= 0.3 is 0 Å². The van der Waals surface area contributed by atoms with Gasteiger partial charge in [-0.25, -0.2) is 15.0 Å². The van der Waals surface area contributed by atoms with Crippen molar-refractivity contribution in [1.29, 1.82) is 0 Å². The zero-order chi connectivity index (χ0) is 47.3. The summed E-state index contributed by atoms with van der Waals surface area (Å²) in [6.07, 6.45) is 0. The fraction of sp³-hybridized carbons (Fsp3) is 0. The van der Waals surface area contributed by atoms with Gasteiger partial charge in [-0.1, -0.05) is 194 Å². The molecule has 0 spiro atoms. The molecule has 0 saturated carbocycles. The minimum absolute atomic E-state index is 0.617. The van der Waals surface area contributed by atoms with E-state index in [0.717, 1.165) is 77.0 Å². The second kappa shape index (κ2) is 16.1. The normalized spacial score (nSPS) is 11.9. The maximum Gasteiger partial charge on any atom is 0.164 e. The summed E-state index contributed by atoms with van der Waals surface area (Å²) in [4.78, 5) is 15.5. The number of para-hydroxylation sites is 1. The molecule has 5 heteroatoms. The van der Waals surface area contributed by atoms with Gasteiger partial charge in [-0.15, -0.1) is 11.3 Å². The van der Waals surface area contributed by atoms with Gasteiger partial charge in [0.1, 0.15) is 11.2 Å². The van der Waals surface area contributed by atoms with Crippen LogP contribution in [-0.2, 0) is 0 Å².